The molecule has 1 fully saturated rings. The van der Waals surface area contributed by atoms with Gasteiger partial charge in [0.2, 0.25) is 0 Å². The molecule has 112 valence electrons. The molecular weight excluding hydrogens is 276 g/mol. The maximum atomic E-state index is 11.7. The molecule has 0 saturated carbocycles. The SMILES string of the molecule is CCCS(=O)(=O)CCN1CC[C@H](Oc2ccncc2)C1. The second kappa shape index (κ2) is 7.04. The zero-order valence-electron chi connectivity index (χ0n) is 11.9. The van der Waals surface area contributed by atoms with Crippen molar-refractivity contribution in [2.24, 2.45) is 0 Å². The maximum absolute atomic E-state index is 11.7. The highest BCUT2D eigenvalue weighted by molar-refractivity contribution is 7.91. The van der Waals surface area contributed by atoms with Crippen molar-refractivity contribution in [2.45, 2.75) is 25.9 Å². The molecule has 2 heterocycles. The van der Waals surface area contributed by atoms with E-state index in [9.17, 15) is 8.42 Å². The first kappa shape index (κ1) is 15.3. The summed E-state index contributed by atoms with van der Waals surface area (Å²) in [6.07, 6.45) is 5.19. The lowest BCUT2D eigenvalue weighted by molar-refractivity contribution is 0.202. The molecule has 1 aromatic rings. The largest absolute Gasteiger partial charge is 0.489 e. The highest BCUT2D eigenvalue weighted by Gasteiger charge is 2.24. The monoisotopic (exact) mass is 298 g/mol. The number of hydrogen-bond donors (Lipinski definition) is 0. The van der Waals surface area contributed by atoms with E-state index < -0.39 is 9.84 Å². The Balaban J connectivity index is 1.75. The molecule has 0 radical (unpaired) electrons. The minimum Gasteiger partial charge on any atom is -0.489 e. The summed E-state index contributed by atoms with van der Waals surface area (Å²) in [6.45, 7) is 4.20. The third-order valence-corrected chi connectivity index (χ3v) is 5.25. The van der Waals surface area contributed by atoms with Crippen molar-refractivity contribution in [3.05, 3.63) is 24.5 Å². The van der Waals surface area contributed by atoms with Crippen molar-refractivity contribution in [1.82, 2.24) is 9.88 Å². The molecule has 0 amide bonds. The van der Waals surface area contributed by atoms with Crippen LogP contribution in [0, 0.1) is 0 Å². The van der Waals surface area contributed by atoms with Gasteiger partial charge in [0.05, 0.1) is 5.75 Å². The standard InChI is InChI=1S/C14H22N2O3S/c1-2-10-20(17,18)11-9-16-8-5-14(12-16)19-13-3-6-15-7-4-13/h3-4,6-7,14H,2,5,8-12H2,1H3/t14-/m0/s1. The minimum absolute atomic E-state index is 0.145. The number of rotatable bonds is 7. The summed E-state index contributed by atoms with van der Waals surface area (Å²) in [4.78, 5) is 6.12. The van der Waals surface area contributed by atoms with Crippen LogP contribution in [0.25, 0.3) is 0 Å². The van der Waals surface area contributed by atoms with E-state index >= 15 is 0 Å². The van der Waals surface area contributed by atoms with Crippen molar-refractivity contribution >= 4 is 9.84 Å². The molecular formula is C14H22N2O3S. The van der Waals surface area contributed by atoms with Gasteiger partial charge in [-0.1, -0.05) is 6.92 Å². The van der Waals surface area contributed by atoms with Gasteiger partial charge in [0.15, 0.2) is 9.84 Å². The average molecular weight is 298 g/mol. The molecule has 0 aliphatic carbocycles. The Labute approximate surface area is 120 Å². The molecule has 5 nitrogen and oxygen atoms in total. The molecule has 0 unspecified atom stereocenters. The van der Waals surface area contributed by atoms with E-state index in [2.05, 4.69) is 9.88 Å². The second-order valence-electron chi connectivity index (χ2n) is 5.16. The van der Waals surface area contributed by atoms with Gasteiger partial charge in [0.25, 0.3) is 0 Å². The Morgan fingerprint density at radius 3 is 2.80 bits per heavy atom. The molecule has 20 heavy (non-hydrogen) atoms. The molecule has 1 aliphatic rings. The van der Waals surface area contributed by atoms with E-state index in [1.807, 2.05) is 19.1 Å². The molecule has 2 rings (SSSR count). The number of likely N-dealkylation sites (tertiary alicyclic amines) is 1. The summed E-state index contributed by atoms with van der Waals surface area (Å²) < 4.78 is 29.2. The fourth-order valence-corrected chi connectivity index (χ4v) is 3.75. The Hall–Kier alpha value is -1.14. The van der Waals surface area contributed by atoms with E-state index in [1.165, 1.54) is 0 Å². The van der Waals surface area contributed by atoms with Crippen molar-refractivity contribution < 1.29 is 13.2 Å². The minimum atomic E-state index is -2.89. The second-order valence-corrected chi connectivity index (χ2v) is 7.47. The summed E-state index contributed by atoms with van der Waals surface area (Å²) in [5.74, 6) is 1.37. The first-order valence-electron chi connectivity index (χ1n) is 7.08. The van der Waals surface area contributed by atoms with Crippen LogP contribution in [0.1, 0.15) is 19.8 Å². The molecule has 1 aliphatic heterocycles. The lowest BCUT2D eigenvalue weighted by Crippen LogP contribution is -2.30. The maximum Gasteiger partial charge on any atom is 0.151 e. The van der Waals surface area contributed by atoms with Crippen LogP contribution >= 0.6 is 0 Å². The van der Waals surface area contributed by atoms with Gasteiger partial charge in [0, 0.05) is 37.8 Å². The van der Waals surface area contributed by atoms with E-state index in [0.29, 0.717) is 13.0 Å². The van der Waals surface area contributed by atoms with Crippen LogP contribution in [0.2, 0.25) is 0 Å². The van der Waals surface area contributed by atoms with Crippen LogP contribution in [0.3, 0.4) is 0 Å². The van der Waals surface area contributed by atoms with Crippen LogP contribution in [-0.2, 0) is 9.84 Å². The van der Waals surface area contributed by atoms with Gasteiger partial charge >= 0.3 is 0 Å². The molecule has 0 aromatic carbocycles. The zero-order chi connectivity index (χ0) is 14.4. The first-order valence-corrected chi connectivity index (χ1v) is 8.90. The number of ether oxygens (including phenoxy) is 1. The molecule has 1 aromatic heterocycles. The summed E-state index contributed by atoms with van der Waals surface area (Å²) in [7, 11) is -2.89. The van der Waals surface area contributed by atoms with E-state index in [-0.39, 0.29) is 17.6 Å². The summed E-state index contributed by atoms with van der Waals surface area (Å²) in [6, 6.07) is 3.68. The smallest absolute Gasteiger partial charge is 0.151 e. The Kier molecular flexibility index (Phi) is 5.37. The third-order valence-electron chi connectivity index (χ3n) is 3.42. The Bertz CT molecular complexity index is 504. The van der Waals surface area contributed by atoms with Crippen molar-refractivity contribution in [1.29, 1.82) is 0 Å². The summed E-state index contributed by atoms with van der Waals surface area (Å²) in [5.41, 5.74) is 0. The summed E-state index contributed by atoms with van der Waals surface area (Å²) in [5, 5.41) is 0. The Morgan fingerprint density at radius 2 is 2.10 bits per heavy atom. The van der Waals surface area contributed by atoms with Crippen LogP contribution < -0.4 is 4.74 Å². The zero-order valence-corrected chi connectivity index (χ0v) is 12.7. The average Bonchev–Trinajstić information content (AvgIpc) is 2.85. The van der Waals surface area contributed by atoms with E-state index in [1.54, 1.807) is 12.4 Å². The van der Waals surface area contributed by atoms with E-state index in [4.69, 9.17) is 4.74 Å². The molecule has 1 saturated heterocycles. The number of hydrogen-bond acceptors (Lipinski definition) is 5. The fourth-order valence-electron chi connectivity index (χ4n) is 2.39. The molecule has 0 bridgehead atoms. The number of sulfone groups is 1. The van der Waals surface area contributed by atoms with Crippen molar-refractivity contribution in [2.75, 3.05) is 31.1 Å². The Morgan fingerprint density at radius 1 is 1.35 bits per heavy atom. The fraction of sp³-hybridized carbons (Fsp3) is 0.643. The van der Waals surface area contributed by atoms with Crippen LogP contribution in [-0.4, -0.2) is 55.5 Å². The van der Waals surface area contributed by atoms with Gasteiger partial charge < -0.3 is 4.74 Å². The van der Waals surface area contributed by atoms with Gasteiger partial charge in [-0.2, -0.15) is 0 Å². The molecule has 1 atom stereocenters. The van der Waals surface area contributed by atoms with Crippen LogP contribution in [0.15, 0.2) is 24.5 Å². The van der Waals surface area contributed by atoms with Gasteiger partial charge in [-0.15, -0.1) is 0 Å². The first-order chi connectivity index (χ1) is 9.59. The molecule has 0 spiro atoms. The van der Waals surface area contributed by atoms with E-state index in [0.717, 1.165) is 25.3 Å². The highest BCUT2D eigenvalue weighted by Crippen LogP contribution is 2.17. The van der Waals surface area contributed by atoms with Gasteiger partial charge in [-0.25, -0.2) is 8.42 Å². The predicted octanol–water partition coefficient (Wildman–Crippen LogP) is 1.36. The lowest BCUT2D eigenvalue weighted by atomic mass is 10.3. The molecule has 6 heteroatoms. The van der Waals surface area contributed by atoms with Crippen LogP contribution in [0.5, 0.6) is 5.75 Å². The third kappa shape index (κ3) is 4.76. The highest BCUT2D eigenvalue weighted by atomic mass is 32.2. The topological polar surface area (TPSA) is 59.5 Å². The van der Waals surface area contributed by atoms with Gasteiger partial charge in [-0.05, 0) is 25.0 Å². The predicted molar refractivity (Wildman–Crippen MR) is 78.7 cm³/mol. The lowest BCUT2D eigenvalue weighted by Gasteiger charge is -2.16. The number of pyridine rings is 1. The number of nitrogens with zero attached hydrogens (tertiary/aromatic N) is 2. The summed E-state index contributed by atoms with van der Waals surface area (Å²) >= 11 is 0. The van der Waals surface area contributed by atoms with Gasteiger partial charge in [-0.3, -0.25) is 9.88 Å². The van der Waals surface area contributed by atoms with Crippen LogP contribution in [0.4, 0.5) is 0 Å². The molecule has 0 N–H and O–H groups in total. The number of aromatic nitrogens is 1. The van der Waals surface area contributed by atoms with Crippen molar-refractivity contribution in [3.63, 3.8) is 0 Å². The van der Waals surface area contributed by atoms with Crippen molar-refractivity contribution in [3.8, 4) is 5.75 Å². The van der Waals surface area contributed by atoms with Gasteiger partial charge in [0.1, 0.15) is 11.9 Å². The normalized spacial score (nSPS) is 20.1. The quantitative estimate of drug-likeness (QED) is 0.760.